The number of rotatable bonds is 4. The lowest BCUT2D eigenvalue weighted by Crippen LogP contribution is -2.49. The van der Waals surface area contributed by atoms with Gasteiger partial charge < -0.3 is 14.7 Å². The minimum absolute atomic E-state index is 0.394. The SMILES string of the molecule is CN1CCN(C[C@@H]2CCCN(C(=O)[C@H]3C[C@H]3C3CCCCC3)C2)CC1. The van der Waals surface area contributed by atoms with Crippen LogP contribution in [0.25, 0.3) is 0 Å². The van der Waals surface area contributed by atoms with Crippen LogP contribution in [-0.4, -0.2) is 73.5 Å². The molecule has 0 aromatic rings. The Hall–Kier alpha value is -0.610. The second-order valence-corrected chi connectivity index (χ2v) is 9.30. The standard InChI is InChI=1S/C21H37N3O/c1-22-10-12-23(13-11-22)15-17-6-5-9-24(16-17)21(25)20-14-19(20)18-7-3-2-4-8-18/h17-20H,2-16H2,1H3/t17-,19-,20-/m0/s1. The lowest BCUT2D eigenvalue weighted by atomic mass is 9.85. The van der Waals surface area contributed by atoms with Crippen molar-refractivity contribution in [2.45, 2.75) is 51.4 Å². The van der Waals surface area contributed by atoms with Gasteiger partial charge in [-0.1, -0.05) is 32.1 Å². The first-order chi connectivity index (χ1) is 12.2. The average Bonchev–Trinajstić information content (AvgIpc) is 3.45. The van der Waals surface area contributed by atoms with E-state index >= 15 is 0 Å². The summed E-state index contributed by atoms with van der Waals surface area (Å²) in [5.41, 5.74) is 0. The molecule has 4 nitrogen and oxygen atoms in total. The topological polar surface area (TPSA) is 26.8 Å². The molecule has 0 spiro atoms. The summed E-state index contributed by atoms with van der Waals surface area (Å²) in [6.07, 6.45) is 10.7. The van der Waals surface area contributed by atoms with Crippen molar-refractivity contribution >= 4 is 5.91 Å². The van der Waals surface area contributed by atoms with Gasteiger partial charge in [-0.15, -0.1) is 0 Å². The van der Waals surface area contributed by atoms with Gasteiger partial charge >= 0.3 is 0 Å². The molecule has 4 aliphatic rings. The third-order valence-corrected chi connectivity index (χ3v) is 7.36. The monoisotopic (exact) mass is 347 g/mol. The molecule has 2 saturated heterocycles. The van der Waals surface area contributed by atoms with E-state index in [-0.39, 0.29) is 0 Å². The zero-order chi connectivity index (χ0) is 17.2. The normalized spacial score (nSPS) is 35.7. The smallest absolute Gasteiger partial charge is 0.225 e. The number of hydrogen-bond acceptors (Lipinski definition) is 3. The Morgan fingerprint density at radius 2 is 1.68 bits per heavy atom. The summed E-state index contributed by atoms with van der Waals surface area (Å²) < 4.78 is 0. The maximum Gasteiger partial charge on any atom is 0.225 e. The highest BCUT2D eigenvalue weighted by Crippen LogP contribution is 2.50. The molecule has 2 aliphatic heterocycles. The quantitative estimate of drug-likeness (QED) is 0.782. The van der Waals surface area contributed by atoms with Crippen LogP contribution in [0.1, 0.15) is 51.4 Å². The second-order valence-electron chi connectivity index (χ2n) is 9.30. The van der Waals surface area contributed by atoms with Gasteiger partial charge in [0.25, 0.3) is 0 Å². The van der Waals surface area contributed by atoms with Crippen molar-refractivity contribution in [2.24, 2.45) is 23.7 Å². The highest BCUT2D eigenvalue weighted by Gasteiger charge is 2.49. The number of nitrogens with zero attached hydrogens (tertiary/aromatic N) is 3. The van der Waals surface area contributed by atoms with Crippen molar-refractivity contribution in [3.8, 4) is 0 Å². The van der Waals surface area contributed by atoms with E-state index in [0.29, 0.717) is 17.7 Å². The van der Waals surface area contributed by atoms with Crippen molar-refractivity contribution in [1.82, 2.24) is 14.7 Å². The van der Waals surface area contributed by atoms with E-state index < -0.39 is 0 Å². The van der Waals surface area contributed by atoms with Gasteiger partial charge in [-0.05, 0) is 44.1 Å². The summed E-state index contributed by atoms with van der Waals surface area (Å²) in [6.45, 7) is 8.04. The molecule has 0 N–H and O–H groups in total. The van der Waals surface area contributed by atoms with Gasteiger partial charge in [-0.2, -0.15) is 0 Å². The first-order valence-corrected chi connectivity index (χ1v) is 10.9. The number of piperazine rings is 1. The molecule has 4 rings (SSSR count). The van der Waals surface area contributed by atoms with E-state index in [4.69, 9.17) is 0 Å². The molecule has 25 heavy (non-hydrogen) atoms. The molecule has 2 aliphatic carbocycles. The molecule has 0 aromatic heterocycles. The molecule has 1 amide bonds. The van der Waals surface area contributed by atoms with Crippen molar-refractivity contribution < 1.29 is 4.79 Å². The van der Waals surface area contributed by atoms with Crippen LogP contribution in [0.3, 0.4) is 0 Å². The maximum absolute atomic E-state index is 13.0. The number of amides is 1. The van der Waals surface area contributed by atoms with E-state index in [2.05, 4.69) is 21.7 Å². The predicted molar refractivity (Wildman–Crippen MR) is 101 cm³/mol. The van der Waals surface area contributed by atoms with E-state index in [1.165, 1.54) is 84.1 Å². The third kappa shape index (κ3) is 4.39. The minimum atomic E-state index is 0.394. The summed E-state index contributed by atoms with van der Waals surface area (Å²) in [6, 6.07) is 0. The molecule has 4 heteroatoms. The van der Waals surface area contributed by atoms with Crippen molar-refractivity contribution in [2.75, 3.05) is 52.9 Å². The fourth-order valence-corrected chi connectivity index (χ4v) is 5.63. The Morgan fingerprint density at radius 1 is 0.920 bits per heavy atom. The van der Waals surface area contributed by atoms with Gasteiger partial charge in [0.2, 0.25) is 5.91 Å². The van der Waals surface area contributed by atoms with Gasteiger partial charge in [0.05, 0.1) is 0 Å². The van der Waals surface area contributed by atoms with Gasteiger partial charge in [0, 0.05) is 51.7 Å². The number of hydrogen-bond donors (Lipinski definition) is 0. The van der Waals surface area contributed by atoms with Gasteiger partial charge in [-0.25, -0.2) is 0 Å². The lowest BCUT2D eigenvalue weighted by Gasteiger charge is -2.38. The third-order valence-electron chi connectivity index (χ3n) is 7.36. The number of piperidine rings is 1. The number of likely N-dealkylation sites (N-methyl/N-ethyl adjacent to an activating group) is 1. The minimum Gasteiger partial charge on any atom is -0.342 e. The Balaban J connectivity index is 1.24. The van der Waals surface area contributed by atoms with Crippen LogP contribution in [-0.2, 0) is 4.79 Å². The molecule has 2 saturated carbocycles. The fraction of sp³-hybridized carbons (Fsp3) is 0.952. The van der Waals surface area contributed by atoms with Crippen LogP contribution >= 0.6 is 0 Å². The summed E-state index contributed by atoms with van der Waals surface area (Å²) in [5.74, 6) is 3.22. The zero-order valence-corrected chi connectivity index (χ0v) is 16.2. The van der Waals surface area contributed by atoms with E-state index in [9.17, 15) is 4.79 Å². The second kappa shape index (κ2) is 7.96. The van der Waals surface area contributed by atoms with E-state index in [1.54, 1.807) is 0 Å². The molecule has 0 aromatic carbocycles. The highest BCUT2D eigenvalue weighted by atomic mass is 16.2. The first kappa shape index (κ1) is 17.8. The fourth-order valence-electron chi connectivity index (χ4n) is 5.63. The molecule has 0 radical (unpaired) electrons. The largest absolute Gasteiger partial charge is 0.342 e. The van der Waals surface area contributed by atoms with E-state index in [1.807, 2.05) is 0 Å². The van der Waals surface area contributed by atoms with Gasteiger partial charge in [0.15, 0.2) is 0 Å². The Bertz CT molecular complexity index is 454. The number of carbonyl (C=O) groups excluding carboxylic acids is 1. The van der Waals surface area contributed by atoms with Crippen molar-refractivity contribution in [3.05, 3.63) is 0 Å². The molecule has 4 fully saturated rings. The molecule has 2 heterocycles. The first-order valence-electron chi connectivity index (χ1n) is 10.9. The molecular formula is C21H37N3O. The average molecular weight is 348 g/mol. The summed E-state index contributed by atoms with van der Waals surface area (Å²) in [5, 5.41) is 0. The Morgan fingerprint density at radius 3 is 2.44 bits per heavy atom. The molecule has 3 atom stereocenters. The number of carbonyl (C=O) groups is 1. The molecule has 0 unspecified atom stereocenters. The van der Waals surface area contributed by atoms with Crippen LogP contribution in [0.4, 0.5) is 0 Å². The van der Waals surface area contributed by atoms with Gasteiger partial charge in [-0.3, -0.25) is 4.79 Å². The Labute approximate surface area is 153 Å². The van der Waals surface area contributed by atoms with Crippen LogP contribution in [0, 0.1) is 23.7 Å². The Kier molecular flexibility index (Phi) is 5.66. The summed E-state index contributed by atoms with van der Waals surface area (Å²) >= 11 is 0. The molecular weight excluding hydrogens is 310 g/mol. The van der Waals surface area contributed by atoms with E-state index in [0.717, 1.165) is 24.9 Å². The molecule has 142 valence electrons. The number of likely N-dealkylation sites (tertiary alicyclic amines) is 1. The van der Waals surface area contributed by atoms with Gasteiger partial charge in [0.1, 0.15) is 0 Å². The zero-order valence-electron chi connectivity index (χ0n) is 16.2. The lowest BCUT2D eigenvalue weighted by molar-refractivity contribution is -0.135. The van der Waals surface area contributed by atoms with Crippen LogP contribution in [0.15, 0.2) is 0 Å². The predicted octanol–water partition coefficient (Wildman–Crippen LogP) is 2.69. The van der Waals surface area contributed by atoms with Crippen LogP contribution in [0.2, 0.25) is 0 Å². The van der Waals surface area contributed by atoms with Crippen LogP contribution in [0.5, 0.6) is 0 Å². The summed E-state index contributed by atoms with van der Waals surface area (Å²) in [7, 11) is 2.22. The highest BCUT2D eigenvalue weighted by molar-refractivity contribution is 5.81. The van der Waals surface area contributed by atoms with Crippen LogP contribution < -0.4 is 0 Å². The van der Waals surface area contributed by atoms with Crippen molar-refractivity contribution in [1.29, 1.82) is 0 Å². The maximum atomic E-state index is 13.0. The summed E-state index contributed by atoms with van der Waals surface area (Å²) in [4.78, 5) is 20.3. The molecule has 0 bridgehead atoms. The van der Waals surface area contributed by atoms with Crippen molar-refractivity contribution in [3.63, 3.8) is 0 Å².